The van der Waals surface area contributed by atoms with E-state index in [2.05, 4.69) is 0 Å². The van der Waals surface area contributed by atoms with E-state index in [1.54, 1.807) is 11.8 Å². The first-order chi connectivity index (χ1) is 9.19. The summed E-state index contributed by atoms with van der Waals surface area (Å²) in [7, 11) is 0. The highest BCUT2D eigenvalue weighted by Crippen LogP contribution is 2.30. The van der Waals surface area contributed by atoms with Gasteiger partial charge in [-0.25, -0.2) is 0 Å². The summed E-state index contributed by atoms with van der Waals surface area (Å²) in [6.07, 6.45) is -0.0428. The Morgan fingerprint density at radius 2 is 2.25 bits per heavy atom. The molecular formula is C13H18N2O4S. The quantitative estimate of drug-likeness (QED) is 0.621. The van der Waals surface area contributed by atoms with Crippen LogP contribution in [0.5, 0.6) is 0 Å². The van der Waals surface area contributed by atoms with E-state index in [0.29, 0.717) is 22.8 Å². The molecule has 0 bridgehead atoms. The fourth-order valence-electron chi connectivity index (χ4n) is 2.52. The van der Waals surface area contributed by atoms with E-state index in [0.717, 1.165) is 0 Å². The Balaban J connectivity index is 2.23. The third-order valence-electron chi connectivity index (χ3n) is 3.16. The fourth-order valence-corrected chi connectivity index (χ4v) is 3.48. The van der Waals surface area contributed by atoms with Crippen LogP contribution in [0.3, 0.4) is 0 Å². The lowest BCUT2D eigenvalue weighted by molar-refractivity contribution is -0.385. The van der Waals surface area contributed by atoms with Gasteiger partial charge in [0, 0.05) is 19.2 Å². The second-order valence-electron chi connectivity index (χ2n) is 5.68. The molecule has 1 saturated heterocycles. The van der Waals surface area contributed by atoms with E-state index in [1.807, 2.05) is 20.8 Å². The van der Waals surface area contributed by atoms with E-state index in [4.69, 9.17) is 4.74 Å². The standard InChI is InChI=1S/C13H18N2O4S/c1-8-6-14(7-13(3,4)19-8)12(16)11-5-10(15(17)18)9(2)20-11/h5,8H,6-7H2,1-4H3. The Bertz CT molecular complexity index is 553. The van der Waals surface area contributed by atoms with Crippen molar-refractivity contribution in [3.05, 3.63) is 25.9 Å². The van der Waals surface area contributed by atoms with E-state index < -0.39 is 10.5 Å². The number of carbonyl (C=O) groups excluding carboxylic acids is 1. The number of morpholine rings is 1. The molecule has 0 saturated carbocycles. The maximum Gasteiger partial charge on any atom is 0.283 e. The zero-order valence-corrected chi connectivity index (χ0v) is 12.8. The van der Waals surface area contributed by atoms with Gasteiger partial charge in [-0.1, -0.05) is 0 Å². The molecule has 20 heavy (non-hydrogen) atoms. The first-order valence-electron chi connectivity index (χ1n) is 6.41. The van der Waals surface area contributed by atoms with Crippen LogP contribution < -0.4 is 0 Å². The minimum atomic E-state index is -0.450. The lowest BCUT2D eigenvalue weighted by Crippen LogP contribution is -2.53. The third-order valence-corrected chi connectivity index (χ3v) is 4.18. The Morgan fingerprint density at radius 1 is 1.60 bits per heavy atom. The van der Waals surface area contributed by atoms with Crippen molar-refractivity contribution >= 4 is 22.9 Å². The van der Waals surface area contributed by atoms with Crippen LogP contribution in [0.4, 0.5) is 5.69 Å². The molecule has 1 unspecified atom stereocenters. The zero-order valence-electron chi connectivity index (χ0n) is 12.0. The van der Waals surface area contributed by atoms with E-state index in [9.17, 15) is 14.9 Å². The Labute approximate surface area is 121 Å². The summed E-state index contributed by atoms with van der Waals surface area (Å²) in [6, 6.07) is 1.37. The molecule has 2 rings (SSSR count). The molecule has 1 aromatic heterocycles. The molecule has 0 N–H and O–H groups in total. The van der Waals surface area contributed by atoms with Gasteiger partial charge in [0.05, 0.1) is 26.4 Å². The molecule has 0 aromatic carbocycles. The molecule has 1 aromatic rings. The first-order valence-corrected chi connectivity index (χ1v) is 7.23. The molecule has 0 radical (unpaired) electrons. The monoisotopic (exact) mass is 298 g/mol. The van der Waals surface area contributed by atoms with Crippen LogP contribution in [0, 0.1) is 17.0 Å². The normalized spacial score (nSPS) is 21.8. The van der Waals surface area contributed by atoms with Gasteiger partial charge in [0.1, 0.15) is 0 Å². The molecule has 2 heterocycles. The lowest BCUT2D eigenvalue weighted by Gasteiger charge is -2.41. The molecule has 1 fully saturated rings. The second kappa shape index (κ2) is 5.14. The Kier molecular flexibility index (Phi) is 3.84. The molecule has 1 aliphatic rings. The number of hydrogen-bond acceptors (Lipinski definition) is 5. The summed E-state index contributed by atoms with van der Waals surface area (Å²) >= 11 is 1.17. The molecule has 0 aliphatic carbocycles. The van der Waals surface area contributed by atoms with Crippen molar-refractivity contribution < 1.29 is 14.5 Å². The highest BCUT2D eigenvalue weighted by molar-refractivity contribution is 7.14. The summed E-state index contributed by atoms with van der Waals surface area (Å²) in [6.45, 7) is 8.44. The average molecular weight is 298 g/mol. The number of ether oxygens (including phenoxy) is 1. The summed E-state index contributed by atoms with van der Waals surface area (Å²) in [5.74, 6) is -0.158. The first kappa shape index (κ1) is 14.9. The minimum Gasteiger partial charge on any atom is -0.369 e. The number of aryl methyl sites for hydroxylation is 1. The SMILES string of the molecule is Cc1sc(C(=O)N2CC(C)OC(C)(C)C2)cc1[N+](=O)[O-]. The molecule has 1 aliphatic heterocycles. The Morgan fingerprint density at radius 3 is 2.75 bits per heavy atom. The minimum absolute atomic E-state index is 0.0129. The van der Waals surface area contributed by atoms with Gasteiger partial charge in [-0.15, -0.1) is 11.3 Å². The van der Waals surface area contributed by atoms with Crippen LogP contribution in [0.2, 0.25) is 0 Å². The van der Waals surface area contributed by atoms with E-state index in [-0.39, 0.29) is 17.7 Å². The molecule has 7 heteroatoms. The van der Waals surface area contributed by atoms with Crippen LogP contribution >= 0.6 is 11.3 Å². The van der Waals surface area contributed by atoms with Crippen molar-refractivity contribution in [2.45, 2.75) is 39.4 Å². The maximum absolute atomic E-state index is 12.5. The number of amides is 1. The van der Waals surface area contributed by atoms with Crippen LogP contribution in [-0.2, 0) is 4.74 Å². The average Bonchev–Trinajstić information content (AvgIpc) is 2.67. The van der Waals surface area contributed by atoms with E-state index in [1.165, 1.54) is 17.4 Å². The summed E-state index contributed by atoms with van der Waals surface area (Å²) in [4.78, 5) is 25.6. The van der Waals surface area contributed by atoms with Crippen molar-refractivity contribution in [1.29, 1.82) is 0 Å². The van der Waals surface area contributed by atoms with Crippen LogP contribution in [0.25, 0.3) is 0 Å². The van der Waals surface area contributed by atoms with Gasteiger partial charge in [0.2, 0.25) is 0 Å². The highest BCUT2D eigenvalue weighted by Gasteiger charge is 2.35. The predicted octanol–water partition coefficient (Wildman–Crippen LogP) is 2.60. The molecule has 1 atom stereocenters. The van der Waals surface area contributed by atoms with Crippen LogP contribution in [0.1, 0.15) is 35.3 Å². The van der Waals surface area contributed by atoms with Gasteiger partial charge in [0.15, 0.2) is 0 Å². The molecule has 6 nitrogen and oxygen atoms in total. The van der Waals surface area contributed by atoms with Crippen LogP contribution in [0.15, 0.2) is 6.07 Å². The smallest absolute Gasteiger partial charge is 0.283 e. The van der Waals surface area contributed by atoms with Gasteiger partial charge in [-0.3, -0.25) is 14.9 Å². The number of nitro groups is 1. The molecular weight excluding hydrogens is 280 g/mol. The van der Waals surface area contributed by atoms with Gasteiger partial charge in [-0.05, 0) is 27.7 Å². The lowest BCUT2D eigenvalue weighted by atomic mass is 10.1. The largest absolute Gasteiger partial charge is 0.369 e. The number of thiophene rings is 1. The molecule has 0 spiro atoms. The molecule has 110 valence electrons. The zero-order chi connectivity index (χ0) is 15.1. The Hall–Kier alpha value is -1.47. The van der Waals surface area contributed by atoms with Crippen molar-refractivity contribution in [2.24, 2.45) is 0 Å². The summed E-state index contributed by atoms with van der Waals surface area (Å²) in [5.41, 5.74) is -0.384. The van der Waals surface area contributed by atoms with Gasteiger partial charge < -0.3 is 9.64 Å². The summed E-state index contributed by atoms with van der Waals surface area (Å²) in [5, 5.41) is 10.9. The number of hydrogen-bond donors (Lipinski definition) is 0. The van der Waals surface area contributed by atoms with Crippen molar-refractivity contribution in [2.75, 3.05) is 13.1 Å². The van der Waals surface area contributed by atoms with Gasteiger partial charge >= 0.3 is 0 Å². The van der Waals surface area contributed by atoms with Gasteiger partial charge in [0.25, 0.3) is 11.6 Å². The predicted molar refractivity (Wildman–Crippen MR) is 76.2 cm³/mol. The topological polar surface area (TPSA) is 72.7 Å². The van der Waals surface area contributed by atoms with Crippen molar-refractivity contribution in [3.63, 3.8) is 0 Å². The second-order valence-corrected chi connectivity index (χ2v) is 6.94. The third kappa shape index (κ3) is 2.99. The number of nitrogens with zero attached hydrogens (tertiary/aromatic N) is 2. The maximum atomic E-state index is 12.5. The van der Waals surface area contributed by atoms with Crippen molar-refractivity contribution in [3.8, 4) is 0 Å². The number of rotatable bonds is 2. The van der Waals surface area contributed by atoms with Gasteiger partial charge in [-0.2, -0.15) is 0 Å². The van der Waals surface area contributed by atoms with Crippen LogP contribution in [-0.4, -0.2) is 40.5 Å². The molecule has 1 amide bonds. The summed E-state index contributed by atoms with van der Waals surface area (Å²) < 4.78 is 5.76. The van der Waals surface area contributed by atoms with Crippen molar-refractivity contribution in [1.82, 2.24) is 4.90 Å². The highest BCUT2D eigenvalue weighted by atomic mass is 32.1. The fraction of sp³-hybridized carbons (Fsp3) is 0.615. The van der Waals surface area contributed by atoms with E-state index >= 15 is 0 Å². The number of carbonyl (C=O) groups is 1.